The molecule has 6 nitrogen and oxygen atoms in total. The first-order valence-corrected chi connectivity index (χ1v) is 5.62. The summed E-state index contributed by atoms with van der Waals surface area (Å²) in [6, 6.07) is 6.38. The van der Waals surface area contributed by atoms with E-state index in [1.54, 1.807) is 18.2 Å². The van der Waals surface area contributed by atoms with E-state index in [4.69, 9.17) is 5.11 Å². The summed E-state index contributed by atoms with van der Waals surface area (Å²) in [7, 11) is 2.80. The number of aliphatic carboxylic acids is 1. The van der Waals surface area contributed by atoms with Crippen LogP contribution in [0.4, 0.5) is 5.69 Å². The first-order chi connectivity index (χ1) is 8.95. The molecule has 0 radical (unpaired) electrons. The maximum absolute atomic E-state index is 11.7. The Labute approximate surface area is 110 Å². The molecular formula is C13H15NO5. The van der Waals surface area contributed by atoms with E-state index in [1.165, 1.54) is 25.1 Å². The molecule has 0 aromatic heterocycles. The summed E-state index contributed by atoms with van der Waals surface area (Å²) in [6.07, 6.45) is -0.311. The summed E-state index contributed by atoms with van der Waals surface area (Å²) in [5.74, 6) is -1.84. The molecule has 0 aliphatic carbocycles. The maximum atomic E-state index is 11.7. The Hall–Kier alpha value is -2.37. The standard InChI is InChI=1S/C13H15NO5/c1-14(11(15)6-7-12(16)17)10-5-3-4-9(8-10)13(18)19-2/h3-5,8H,6-7H2,1-2H3,(H,16,17). The van der Waals surface area contributed by atoms with E-state index in [2.05, 4.69) is 4.74 Å². The lowest BCUT2D eigenvalue weighted by molar-refractivity contribution is -0.138. The lowest BCUT2D eigenvalue weighted by atomic mass is 10.2. The number of carboxylic acids is 1. The van der Waals surface area contributed by atoms with Gasteiger partial charge in [-0.25, -0.2) is 4.79 Å². The molecular weight excluding hydrogens is 250 g/mol. The van der Waals surface area contributed by atoms with E-state index in [0.717, 1.165) is 0 Å². The molecule has 0 saturated carbocycles. The smallest absolute Gasteiger partial charge is 0.337 e. The SMILES string of the molecule is COC(=O)c1cccc(N(C)C(=O)CCC(=O)O)c1. The normalized spacial score (nSPS) is 9.79. The van der Waals surface area contributed by atoms with Crippen LogP contribution in [0.2, 0.25) is 0 Å². The lowest BCUT2D eigenvalue weighted by Crippen LogP contribution is -2.26. The fourth-order valence-corrected chi connectivity index (χ4v) is 1.48. The highest BCUT2D eigenvalue weighted by Gasteiger charge is 2.14. The zero-order valence-electron chi connectivity index (χ0n) is 10.8. The summed E-state index contributed by atoms with van der Waals surface area (Å²) < 4.78 is 4.59. The first-order valence-electron chi connectivity index (χ1n) is 5.62. The molecule has 0 bridgehead atoms. The number of hydrogen-bond acceptors (Lipinski definition) is 4. The fraction of sp³-hybridized carbons (Fsp3) is 0.308. The van der Waals surface area contributed by atoms with Gasteiger partial charge in [0.1, 0.15) is 0 Å². The topological polar surface area (TPSA) is 83.9 Å². The van der Waals surface area contributed by atoms with Gasteiger partial charge >= 0.3 is 11.9 Å². The number of ether oxygens (including phenoxy) is 1. The van der Waals surface area contributed by atoms with Gasteiger partial charge in [0, 0.05) is 19.2 Å². The molecule has 0 aliphatic heterocycles. The molecule has 0 heterocycles. The first kappa shape index (κ1) is 14.7. The quantitative estimate of drug-likeness (QED) is 0.811. The molecule has 1 rings (SSSR count). The Morgan fingerprint density at radius 3 is 2.53 bits per heavy atom. The van der Waals surface area contributed by atoms with Crippen LogP contribution in [0.1, 0.15) is 23.2 Å². The van der Waals surface area contributed by atoms with E-state index in [9.17, 15) is 14.4 Å². The maximum Gasteiger partial charge on any atom is 0.337 e. The highest BCUT2D eigenvalue weighted by molar-refractivity contribution is 5.96. The van der Waals surface area contributed by atoms with Crippen LogP contribution in [0.15, 0.2) is 24.3 Å². The summed E-state index contributed by atoms with van der Waals surface area (Å²) in [4.78, 5) is 34.8. The summed E-state index contributed by atoms with van der Waals surface area (Å²) in [5.41, 5.74) is 0.844. The third-order valence-electron chi connectivity index (χ3n) is 2.58. The third kappa shape index (κ3) is 4.09. The minimum atomic E-state index is -1.02. The Morgan fingerprint density at radius 2 is 1.95 bits per heavy atom. The van der Waals surface area contributed by atoms with E-state index in [1.807, 2.05) is 0 Å². The number of methoxy groups -OCH3 is 1. The molecule has 0 atom stereocenters. The van der Waals surface area contributed by atoms with Crippen molar-refractivity contribution < 1.29 is 24.2 Å². The Bertz CT molecular complexity index is 498. The molecule has 1 aromatic carbocycles. The second-order valence-corrected chi connectivity index (χ2v) is 3.89. The number of carboxylic acid groups (broad SMARTS) is 1. The van der Waals surface area contributed by atoms with Gasteiger partial charge in [-0.15, -0.1) is 0 Å². The largest absolute Gasteiger partial charge is 0.481 e. The van der Waals surface area contributed by atoms with Crippen LogP contribution in [0, 0.1) is 0 Å². The predicted molar refractivity (Wildman–Crippen MR) is 68.1 cm³/mol. The Balaban J connectivity index is 2.81. The molecule has 19 heavy (non-hydrogen) atoms. The summed E-state index contributed by atoms with van der Waals surface area (Å²) >= 11 is 0. The van der Waals surface area contributed by atoms with Crippen molar-refractivity contribution in [1.29, 1.82) is 0 Å². The number of carbonyl (C=O) groups excluding carboxylic acids is 2. The van der Waals surface area contributed by atoms with Crippen molar-refractivity contribution in [3.05, 3.63) is 29.8 Å². The van der Waals surface area contributed by atoms with Crippen molar-refractivity contribution in [3.63, 3.8) is 0 Å². The molecule has 0 saturated heterocycles. The Kier molecular flexibility index (Phi) is 5.05. The van der Waals surface area contributed by atoms with Gasteiger partial charge in [-0.3, -0.25) is 9.59 Å². The van der Waals surface area contributed by atoms with E-state index < -0.39 is 11.9 Å². The van der Waals surface area contributed by atoms with E-state index in [0.29, 0.717) is 11.3 Å². The van der Waals surface area contributed by atoms with Gasteiger partial charge in [0.15, 0.2) is 0 Å². The van der Waals surface area contributed by atoms with Crippen molar-refractivity contribution in [2.24, 2.45) is 0 Å². The van der Waals surface area contributed by atoms with Gasteiger partial charge < -0.3 is 14.7 Å². The second kappa shape index (κ2) is 6.53. The minimum absolute atomic E-state index is 0.0890. The number of rotatable bonds is 5. The minimum Gasteiger partial charge on any atom is -0.481 e. The lowest BCUT2D eigenvalue weighted by Gasteiger charge is -2.17. The van der Waals surface area contributed by atoms with Gasteiger partial charge in [-0.05, 0) is 18.2 Å². The molecule has 6 heteroatoms. The van der Waals surface area contributed by atoms with E-state index >= 15 is 0 Å². The highest BCUT2D eigenvalue weighted by atomic mass is 16.5. The predicted octanol–water partition coefficient (Wildman–Crippen LogP) is 1.30. The number of anilines is 1. The second-order valence-electron chi connectivity index (χ2n) is 3.89. The van der Waals surface area contributed by atoms with Gasteiger partial charge in [0.05, 0.1) is 19.1 Å². The molecule has 0 aliphatic rings. The average molecular weight is 265 g/mol. The van der Waals surface area contributed by atoms with Gasteiger partial charge in [0.2, 0.25) is 5.91 Å². The highest BCUT2D eigenvalue weighted by Crippen LogP contribution is 2.16. The van der Waals surface area contributed by atoms with Gasteiger partial charge in [-0.1, -0.05) is 6.07 Å². The molecule has 0 spiro atoms. The fourth-order valence-electron chi connectivity index (χ4n) is 1.48. The molecule has 1 aromatic rings. The summed E-state index contributed by atoms with van der Waals surface area (Å²) in [5, 5.41) is 8.53. The zero-order valence-corrected chi connectivity index (χ0v) is 10.8. The van der Waals surface area contributed by atoms with Crippen molar-refractivity contribution >= 4 is 23.5 Å². The van der Waals surface area contributed by atoms with Gasteiger partial charge in [-0.2, -0.15) is 0 Å². The van der Waals surface area contributed by atoms with Gasteiger partial charge in [0.25, 0.3) is 0 Å². The van der Waals surface area contributed by atoms with Crippen LogP contribution in [0.5, 0.6) is 0 Å². The van der Waals surface area contributed by atoms with Crippen molar-refractivity contribution in [2.75, 3.05) is 19.1 Å². The number of amides is 1. The number of nitrogens with zero attached hydrogens (tertiary/aromatic N) is 1. The monoisotopic (exact) mass is 265 g/mol. The third-order valence-corrected chi connectivity index (χ3v) is 2.58. The number of hydrogen-bond donors (Lipinski definition) is 1. The Morgan fingerprint density at radius 1 is 1.26 bits per heavy atom. The molecule has 102 valence electrons. The molecule has 0 unspecified atom stereocenters. The average Bonchev–Trinajstić information content (AvgIpc) is 2.43. The van der Waals surface area contributed by atoms with Crippen LogP contribution in [-0.2, 0) is 14.3 Å². The van der Waals surface area contributed by atoms with E-state index in [-0.39, 0.29) is 18.7 Å². The number of benzene rings is 1. The molecule has 1 amide bonds. The number of carbonyl (C=O) groups is 3. The van der Waals surface area contributed by atoms with Crippen molar-refractivity contribution in [2.45, 2.75) is 12.8 Å². The van der Waals surface area contributed by atoms with Crippen LogP contribution in [-0.4, -0.2) is 37.1 Å². The molecule has 1 N–H and O–H groups in total. The summed E-state index contributed by atoms with van der Waals surface area (Å²) in [6.45, 7) is 0. The van der Waals surface area contributed by atoms with Crippen LogP contribution >= 0.6 is 0 Å². The van der Waals surface area contributed by atoms with Crippen LogP contribution < -0.4 is 4.90 Å². The van der Waals surface area contributed by atoms with Crippen molar-refractivity contribution in [3.8, 4) is 0 Å². The zero-order chi connectivity index (χ0) is 14.4. The van der Waals surface area contributed by atoms with Crippen molar-refractivity contribution in [1.82, 2.24) is 0 Å². The van der Waals surface area contributed by atoms with Crippen LogP contribution in [0.25, 0.3) is 0 Å². The molecule has 0 fully saturated rings. The van der Waals surface area contributed by atoms with Crippen LogP contribution in [0.3, 0.4) is 0 Å². The number of esters is 1.